The molecule has 1 amide bonds. The van der Waals surface area contributed by atoms with Crippen LogP contribution < -0.4 is 4.90 Å². The third kappa shape index (κ3) is 2.57. The molecule has 0 bridgehead atoms. The molecular weight excluding hydrogens is 302 g/mol. The largest absolute Gasteiger partial charge is 0.314 e. The molecule has 120 valence electrons. The predicted molar refractivity (Wildman–Crippen MR) is 98.6 cm³/mol. The SMILES string of the molecule is Cc1cc(C)c(SCC2(C)C(=O)N(C)c3ccccc32)c(C)c1. The van der Waals surface area contributed by atoms with E-state index < -0.39 is 5.41 Å². The molecule has 1 heterocycles. The summed E-state index contributed by atoms with van der Waals surface area (Å²) in [5.41, 5.74) is 5.60. The fraction of sp³-hybridized carbons (Fsp3) is 0.350. The van der Waals surface area contributed by atoms with E-state index >= 15 is 0 Å². The Kier molecular flexibility index (Phi) is 4.01. The van der Waals surface area contributed by atoms with Gasteiger partial charge >= 0.3 is 0 Å². The number of carbonyl (C=O) groups is 1. The first-order valence-corrected chi connectivity index (χ1v) is 8.91. The van der Waals surface area contributed by atoms with E-state index in [2.05, 4.69) is 45.9 Å². The Balaban J connectivity index is 1.93. The highest BCUT2D eigenvalue weighted by Gasteiger charge is 2.45. The highest BCUT2D eigenvalue weighted by Crippen LogP contribution is 2.44. The van der Waals surface area contributed by atoms with E-state index in [1.54, 1.807) is 16.7 Å². The van der Waals surface area contributed by atoms with Crippen LogP contribution in [0, 0.1) is 20.8 Å². The average Bonchev–Trinajstić information content (AvgIpc) is 2.69. The summed E-state index contributed by atoms with van der Waals surface area (Å²) in [7, 11) is 1.87. The number of aryl methyl sites for hydroxylation is 3. The Bertz CT molecular complexity index is 760. The number of fused-ring (bicyclic) bond motifs is 1. The number of carbonyl (C=O) groups excluding carboxylic acids is 1. The molecule has 0 saturated carbocycles. The summed E-state index contributed by atoms with van der Waals surface area (Å²) < 4.78 is 0. The van der Waals surface area contributed by atoms with Gasteiger partial charge in [0.05, 0.1) is 5.41 Å². The van der Waals surface area contributed by atoms with Gasteiger partial charge in [-0.1, -0.05) is 35.9 Å². The lowest BCUT2D eigenvalue weighted by atomic mass is 9.86. The third-order valence-electron chi connectivity index (χ3n) is 4.75. The second-order valence-electron chi connectivity index (χ2n) is 6.73. The van der Waals surface area contributed by atoms with Gasteiger partial charge in [0.1, 0.15) is 0 Å². The van der Waals surface area contributed by atoms with Crippen LogP contribution in [0.5, 0.6) is 0 Å². The van der Waals surface area contributed by atoms with Crippen LogP contribution >= 0.6 is 11.8 Å². The van der Waals surface area contributed by atoms with E-state index in [9.17, 15) is 4.79 Å². The van der Waals surface area contributed by atoms with E-state index in [1.807, 2.05) is 25.2 Å². The molecule has 3 heteroatoms. The maximum absolute atomic E-state index is 12.8. The summed E-state index contributed by atoms with van der Waals surface area (Å²) in [4.78, 5) is 15.9. The zero-order valence-electron chi connectivity index (χ0n) is 14.4. The fourth-order valence-corrected chi connectivity index (χ4v) is 4.86. The number of likely N-dealkylation sites (N-methyl/N-ethyl adjacent to an activating group) is 1. The Morgan fingerprint density at radius 3 is 2.35 bits per heavy atom. The second-order valence-corrected chi connectivity index (χ2v) is 7.72. The second kappa shape index (κ2) is 5.72. The van der Waals surface area contributed by atoms with Crippen LogP contribution in [0.1, 0.15) is 29.2 Å². The van der Waals surface area contributed by atoms with E-state index in [0.29, 0.717) is 0 Å². The molecule has 1 aliphatic heterocycles. The number of rotatable bonds is 3. The van der Waals surface area contributed by atoms with E-state index in [-0.39, 0.29) is 5.91 Å². The Morgan fingerprint density at radius 1 is 1.09 bits per heavy atom. The third-order valence-corrected chi connectivity index (χ3v) is 6.40. The molecule has 0 radical (unpaired) electrons. The monoisotopic (exact) mass is 325 g/mol. The number of nitrogens with zero attached hydrogens (tertiary/aromatic N) is 1. The number of benzene rings is 2. The maximum Gasteiger partial charge on any atom is 0.238 e. The van der Waals surface area contributed by atoms with Gasteiger partial charge in [0, 0.05) is 23.4 Å². The number of hydrogen-bond donors (Lipinski definition) is 0. The topological polar surface area (TPSA) is 20.3 Å². The van der Waals surface area contributed by atoms with E-state index in [1.165, 1.54) is 21.6 Å². The Morgan fingerprint density at radius 2 is 1.70 bits per heavy atom. The van der Waals surface area contributed by atoms with Crippen molar-refractivity contribution in [2.45, 2.75) is 38.0 Å². The van der Waals surface area contributed by atoms with Crippen molar-refractivity contribution < 1.29 is 4.79 Å². The van der Waals surface area contributed by atoms with Gasteiger partial charge in [0.25, 0.3) is 0 Å². The van der Waals surface area contributed by atoms with Crippen LogP contribution in [0.15, 0.2) is 41.3 Å². The van der Waals surface area contributed by atoms with Crippen molar-refractivity contribution >= 4 is 23.4 Å². The van der Waals surface area contributed by atoms with Gasteiger partial charge in [-0.2, -0.15) is 0 Å². The Labute approximate surface area is 142 Å². The molecule has 1 atom stereocenters. The standard InChI is InChI=1S/C20H23NOS/c1-13-10-14(2)18(15(3)11-13)23-12-20(4)16-8-6-7-9-17(16)21(5)19(20)22/h6-11H,12H2,1-5H3. The van der Waals surface area contributed by atoms with Gasteiger partial charge in [-0.3, -0.25) is 4.79 Å². The lowest BCUT2D eigenvalue weighted by Gasteiger charge is -2.24. The van der Waals surface area contributed by atoms with Gasteiger partial charge in [0.15, 0.2) is 0 Å². The highest BCUT2D eigenvalue weighted by molar-refractivity contribution is 7.99. The van der Waals surface area contributed by atoms with Gasteiger partial charge in [-0.15, -0.1) is 11.8 Å². The summed E-state index contributed by atoms with van der Waals surface area (Å²) in [5, 5.41) is 0. The van der Waals surface area contributed by atoms with Crippen molar-refractivity contribution in [2.24, 2.45) is 0 Å². The van der Waals surface area contributed by atoms with Crippen molar-refractivity contribution in [1.82, 2.24) is 0 Å². The summed E-state index contributed by atoms with van der Waals surface area (Å²) >= 11 is 1.80. The van der Waals surface area contributed by atoms with Gasteiger partial charge in [-0.25, -0.2) is 0 Å². The number of anilines is 1. The molecule has 0 saturated heterocycles. The fourth-order valence-electron chi connectivity index (χ4n) is 3.58. The molecule has 0 aromatic heterocycles. The van der Waals surface area contributed by atoms with Crippen LogP contribution in [0.2, 0.25) is 0 Å². The molecule has 23 heavy (non-hydrogen) atoms. The van der Waals surface area contributed by atoms with Crippen LogP contribution in [0.4, 0.5) is 5.69 Å². The molecule has 0 N–H and O–H groups in total. The summed E-state index contributed by atoms with van der Waals surface area (Å²) in [6.07, 6.45) is 0. The minimum atomic E-state index is -0.459. The van der Waals surface area contributed by atoms with Crippen molar-refractivity contribution in [1.29, 1.82) is 0 Å². The average molecular weight is 325 g/mol. The molecule has 0 aliphatic carbocycles. The van der Waals surface area contributed by atoms with Gasteiger partial charge < -0.3 is 4.90 Å². The molecular formula is C20H23NOS. The number of para-hydroxylation sites is 1. The molecule has 0 fully saturated rings. The number of hydrogen-bond acceptors (Lipinski definition) is 2. The molecule has 2 aromatic rings. The van der Waals surface area contributed by atoms with Crippen molar-refractivity contribution in [3.05, 3.63) is 58.7 Å². The molecule has 3 rings (SSSR count). The van der Waals surface area contributed by atoms with Crippen LogP contribution in [0.25, 0.3) is 0 Å². The first-order chi connectivity index (χ1) is 10.8. The summed E-state index contributed by atoms with van der Waals surface area (Å²) in [6, 6.07) is 12.6. The zero-order chi connectivity index (χ0) is 16.8. The predicted octanol–water partition coefficient (Wildman–Crippen LogP) is 4.64. The first kappa shape index (κ1) is 16.1. The molecule has 1 aliphatic rings. The van der Waals surface area contributed by atoms with E-state index in [4.69, 9.17) is 0 Å². The molecule has 1 unspecified atom stereocenters. The van der Waals surface area contributed by atoms with E-state index in [0.717, 1.165) is 17.0 Å². The lowest BCUT2D eigenvalue weighted by molar-refractivity contribution is -0.121. The minimum Gasteiger partial charge on any atom is -0.314 e. The normalized spacial score (nSPS) is 20.0. The maximum atomic E-state index is 12.8. The van der Waals surface area contributed by atoms with Crippen LogP contribution in [-0.2, 0) is 10.2 Å². The quantitative estimate of drug-likeness (QED) is 0.766. The molecule has 0 spiro atoms. The summed E-state index contributed by atoms with van der Waals surface area (Å²) in [5.74, 6) is 0.950. The summed E-state index contributed by atoms with van der Waals surface area (Å²) in [6.45, 7) is 8.51. The van der Waals surface area contributed by atoms with Crippen LogP contribution in [-0.4, -0.2) is 18.7 Å². The number of amides is 1. The molecule has 2 nitrogen and oxygen atoms in total. The van der Waals surface area contributed by atoms with Crippen LogP contribution in [0.3, 0.4) is 0 Å². The van der Waals surface area contributed by atoms with Crippen molar-refractivity contribution in [2.75, 3.05) is 17.7 Å². The van der Waals surface area contributed by atoms with Crippen molar-refractivity contribution in [3.8, 4) is 0 Å². The first-order valence-electron chi connectivity index (χ1n) is 7.93. The minimum absolute atomic E-state index is 0.189. The Hall–Kier alpha value is -1.74. The smallest absolute Gasteiger partial charge is 0.238 e. The number of thioether (sulfide) groups is 1. The lowest BCUT2D eigenvalue weighted by Crippen LogP contribution is -2.38. The highest BCUT2D eigenvalue weighted by atomic mass is 32.2. The van der Waals surface area contributed by atoms with Crippen molar-refractivity contribution in [3.63, 3.8) is 0 Å². The molecule has 2 aromatic carbocycles. The van der Waals surface area contributed by atoms with Gasteiger partial charge in [-0.05, 0) is 50.5 Å². The van der Waals surface area contributed by atoms with Gasteiger partial charge in [0.2, 0.25) is 5.91 Å². The zero-order valence-corrected chi connectivity index (χ0v) is 15.3.